The minimum atomic E-state index is -0.745. The van der Waals surface area contributed by atoms with Crippen LogP contribution in [0.2, 0.25) is 0 Å². The van der Waals surface area contributed by atoms with Crippen molar-refractivity contribution in [2.45, 2.75) is 77.6 Å². The zero-order valence-electron chi connectivity index (χ0n) is 12.7. The lowest BCUT2D eigenvalue weighted by Gasteiger charge is -2.28. The second-order valence-electron chi connectivity index (χ2n) is 6.09. The Kier molecular flexibility index (Phi) is 7.63. The topological polar surface area (TPSA) is 66.4 Å². The number of carbonyl (C=O) groups excluding carboxylic acids is 1. The maximum atomic E-state index is 11.8. The third kappa shape index (κ3) is 5.51. The van der Waals surface area contributed by atoms with Gasteiger partial charge in [-0.25, -0.2) is 0 Å². The molecule has 0 aromatic rings. The van der Waals surface area contributed by atoms with E-state index in [9.17, 15) is 14.7 Å². The monoisotopic (exact) mass is 283 g/mol. The molecule has 1 aliphatic carbocycles. The molecule has 0 aromatic heterocycles. The standard InChI is InChI=1S/C16H29NO3/c1-2-3-4-7-10-14(18)17-13-16(15(19)20)11-8-5-6-9-12-16/h2-13H2,1H3,(H,17,18)(H,19,20). The highest BCUT2D eigenvalue weighted by Crippen LogP contribution is 2.34. The highest BCUT2D eigenvalue weighted by atomic mass is 16.4. The molecular weight excluding hydrogens is 254 g/mol. The smallest absolute Gasteiger partial charge is 0.311 e. The first kappa shape index (κ1) is 17.0. The van der Waals surface area contributed by atoms with Gasteiger partial charge >= 0.3 is 5.97 Å². The van der Waals surface area contributed by atoms with E-state index in [2.05, 4.69) is 12.2 Å². The van der Waals surface area contributed by atoms with Gasteiger partial charge in [-0.15, -0.1) is 0 Å². The summed E-state index contributed by atoms with van der Waals surface area (Å²) in [6.45, 7) is 2.44. The third-order valence-electron chi connectivity index (χ3n) is 4.40. The Hall–Kier alpha value is -1.06. The highest BCUT2D eigenvalue weighted by Gasteiger charge is 2.38. The summed E-state index contributed by atoms with van der Waals surface area (Å²) in [7, 11) is 0. The molecule has 0 unspecified atom stereocenters. The molecule has 1 saturated carbocycles. The molecule has 0 saturated heterocycles. The molecule has 1 fully saturated rings. The summed E-state index contributed by atoms with van der Waals surface area (Å²) in [5, 5.41) is 12.4. The van der Waals surface area contributed by atoms with E-state index in [1.54, 1.807) is 0 Å². The van der Waals surface area contributed by atoms with E-state index in [-0.39, 0.29) is 5.91 Å². The van der Waals surface area contributed by atoms with Crippen LogP contribution in [0.25, 0.3) is 0 Å². The van der Waals surface area contributed by atoms with E-state index < -0.39 is 11.4 Å². The number of amides is 1. The molecule has 4 heteroatoms. The van der Waals surface area contributed by atoms with Gasteiger partial charge in [-0.3, -0.25) is 9.59 Å². The predicted octanol–water partition coefficient (Wildman–Crippen LogP) is 3.50. The van der Waals surface area contributed by atoms with Gasteiger partial charge in [0.2, 0.25) is 5.91 Å². The molecule has 1 aliphatic rings. The number of hydrogen-bond acceptors (Lipinski definition) is 2. The Morgan fingerprint density at radius 3 is 2.25 bits per heavy atom. The van der Waals surface area contributed by atoms with Crippen molar-refractivity contribution in [1.29, 1.82) is 0 Å². The van der Waals surface area contributed by atoms with E-state index in [1.165, 1.54) is 0 Å². The fourth-order valence-corrected chi connectivity index (χ4v) is 2.94. The summed E-state index contributed by atoms with van der Waals surface area (Å²) >= 11 is 0. The van der Waals surface area contributed by atoms with E-state index in [1.807, 2.05) is 0 Å². The van der Waals surface area contributed by atoms with Crippen molar-refractivity contribution in [3.8, 4) is 0 Å². The summed E-state index contributed by atoms with van der Waals surface area (Å²) in [6, 6.07) is 0. The highest BCUT2D eigenvalue weighted by molar-refractivity contribution is 5.79. The molecule has 0 spiro atoms. The molecule has 4 nitrogen and oxygen atoms in total. The van der Waals surface area contributed by atoms with Gasteiger partial charge in [-0.05, 0) is 19.3 Å². The Balaban J connectivity index is 2.38. The number of rotatable bonds is 8. The van der Waals surface area contributed by atoms with Gasteiger partial charge in [0.1, 0.15) is 0 Å². The average molecular weight is 283 g/mol. The van der Waals surface area contributed by atoms with Crippen molar-refractivity contribution in [2.24, 2.45) is 5.41 Å². The molecular formula is C16H29NO3. The lowest BCUT2D eigenvalue weighted by Crippen LogP contribution is -2.42. The molecule has 0 atom stereocenters. The fraction of sp³-hybridized carbons (Fsp3) is 0.875. The number of aliphatic carboxylic acids is 1. The first-order valence-corrected chi connectivity index (χ1v) is 8.11. The zero-order valence-corrected chi connectivity index (χ0v) is 12.7. The quantitative estimate of drug-likeness (QED) is 0.529. The summed E-state index contributed by atoms with van der Waals surface area (Å²) in [5.41, 5.74) is -0.727. The van der Waals surface area contributed by atoms with Crippen LogP contribution in [0, 0.1) is 5.41 Å². The molecule has 1 rings (SSSR count). The molecule has 0 aromatic carbocycles. The summed E-state index contributed by atoms with van der Waals surface area (Å²) in [5.74, 6) is -0.739. The largest absolute Gasteiger partial charge is 0.481 e. The minimum Gasteiger partial charge on any atom is -0.481 e. The first-order chi connectivity index (χ1) is 9.60. The second kappa shape index (κ2) is 8.98. The molecule has 2 N–H and O–H groups in total. The SMILES string of the molecule is CCCCCCC(=O)NCC1(C(=O)O)CCCCCC1. The fourth-order valence-electron chi connectivity index (χ4n) is 2.94. The van der Waals surface area contributed by atoms with Crippen molar-refractivity contribution < 1.29 is 14.7 Å². The normalized spacial score (nSPS) is 18.2. The summed E-state index contributed by atoms with van der Waals surface area (Å²) in [6.07, 6.45) is 10.3. The van der Waals surface area contributed by atoms with Crippen LogP contribution in [-0.2, 0) is 9.59 Å². The van der Waals surface area contributed by atoms with Crippen LogP contribution in [-0.4, -0.2) is 23.5 Å². The van der Waals surface area contributed by atoms with Crippen molar-refractivity contribution in [3.05, 3.63) is 0 Å². The van der Waals surface area contributed by atoms with Crippen LogP contribution in [0.1, 0.15) is 77.6 Å². The Morgan fingerprint density at radius 2 is 1.70 bits per heavy atom. The molecule has 0 aliphatic heterocycles. The number of carboxylic acids is 1. The van der Waals surface area contributed by atoms with Crippen LogP contribution >= 0.6 is 0 Å². The minimum absolute atomic E-state index is 0.00553. The van der Waals surface area contributed by atoms with E-state index in [0.717, 1.165) is 51.4 Å². The van der Waals surface area contributed by atoms with Crippen LogP contribution in [0.3, 0.4) is 0 Å². The van der Waals surface area contributed by atoms with Crippen LogP contribution in [0.15, 0.2) is 0 Å². The number of carboxylic acid groups (broad SMARTS) is 1. The lowest BCUT2D eigenvalue weighted by molar-refractivity contribution is -0.149. The van der Waals surface area contributed by atoms with Crippen LogP contribution in [0.5, 0.6) is 0 Å². The molecule has 0 bridgehead atoms. The Labute approximate surface area is 122 Å². The average Bonchev–Trinajstić information content (AvgIpc) is 2.68. The van der Waals surface area contributed by atoms with E-state index >= 15 is 0 Å². The molecule has 1 amide bonds. The maximum absolute atomic E-state index is 11.8. The number of carbonyl (C=O) groups is 2. The Morgan fingerprint density at radius 1 is 1.05 bits per heavy atom. The van der Waals surface area contributed by atoms with Gasteiger partial charge in [0.05, 0.1) is 5.41 Å². The van der Waals surface area contributed by atoms with Gasteiger partial charge in [-0.2, -0.15) is 0 Å². The number of hydrogen-bond donors (Lipinski definition) is 2. The van der Waals surface area contributed by atoms with Crippen molar-refractivity contribution in [1.82, 2.24) is 5.32 Å². The molecule has 20 heavy (non-hydrogen) atoms. The van der Waals surface area contributed by atoms with Crippen molar-refractivity contribution >= 4 is 11.9 Å². The van der Waals surface area contributed by atoms with E-state index in [4.69, 9.17) is 0 Å². The third-order valence-corrected chi connectivity index (χ3v) is 4.40. The Bertz CT molecular complexity index is 307. The van der Waals surface area contributed by atoms with Gasteiger partial charge in [0.25, 0.3) is 0 Å². The van der Waals surface area contributed by atoms with Crippen LogP contribution in [0.4, 0.5) is 0 Å². The second-order valence-corrected chi connectivity index (χ2v) is 6.09. The van der Waals surface area contributed by atoms with Crippen molar-refractivity contribution in [3.63, 3.8) is 0 Å². The van der Waals surface area contributed by atoms with Gasteiger partial charge in [0, 0.05) is 13.0 Å². The summed E-state index contributed by atoms with van der Waals surface area (Å²) in [4.78, 5) is 23.4. The molecule has 0 radical (unpaired) electrons. The molecule has 116 valence electrons. The van der Waals surface area contributed by atoms with Gasteiger partial charge < -0.3 is 10.4 Å². The van der Waals surface area contributed by atoms with Gasteiger partial charge in [-0.1, -0.05) is 51.9 Å². The van der Waals surface area contributed by atoms with Crippen LogP contribution < -0.4 is 5.32 Å². The number of nitrogens with one attached hydrogen (secondary N) is 1. The molecule has 0 heterocycles. The van der Waals surface area contributed by atoms with Gasteiger partial charge in [0.15, 0.2) is 0 Å². The summed E-state index contributed by atoms with van der Waals surface area (Å²) < 4.78 is 0. The maximum Gasteiger partial charge on any atom is 0.311 e. The number of unbranched alkanes of at least 4 members (excludes halogenated alkanes) is 3. The lowest BCUT2D eigenvalue weighted by atomic mass is 9.80. The van der Waals surface area contributed by atoms with E-state index in [0.29, 0.717) is 25.8 Å². The first-order valence-electron chi connectivity index (χ1n) is 8.11. The predicted molar refractivity (Wildman–Crippen MR) is 79.5 cm³/mol. The van der Waals surface area contributed by atoms with Crippen molar-refractivity contribution in [2.75, 3.05) is 6.54 Å². The zero-order chi connectivity index (χ0) is 14.8.